The molecule has 8 heteroatoms. The zero-order valence-electron chi connectivity index (χ0n) is 16.3. The van der Waals surface area contributed by atoms with Gasteiger partial charge in [-0.25, -0.2) is 9.97 Å². The van der Waals surface area contributed by atoms with Crippen LogP contribution < -0.4 is 9.64 Å². The van der Waals surface area contributed by atoms with Crippen LogP contribution in [0.3, 0.4) is 0 Å². The molecular weight excluding hydrogens is 423 g/mol. The lowest BCUT2D eigenvalue weighted by Crippen LogP contribution is -2.54. The molecule has 30 heavy (non-hydrogen) atoms. The lowest BCUT2D eigenvalue weighted by atomic mass is 10.1. The van der Waals surface area contributed by atoms with E-state index in [1.54, 1.807) is 42.5 Å². The normalized spacial score (nSPS) is 16.4. The SMILES string of the molecule is CC1CN(c2cc(Oc3ccccc3Cl)ncn2)CCN1C(=O)c1ccc(Cl)cc1. The first-order valence-corrected chi connectivity index (χ1v) is 10.3. The zero-order chi connectivity index (χ0) is 21.1. The Morgan fingerprint density at radius 1 is 1.07 bits per heavy atom. The highest BCUT2D eigenvalue weighted by Gasteiger charge is 2.29. The van der Waals surface area contributed by atoms with Crippen molar-refractivity contribution in [2.75, 3.05) is 24.5 Å². The highest BCUT2D eigenvalue weighted by atomic mass is 35.5. The van der Waals surface area contributed by atoms with E-state index in [-0.39, 0.29) is 11.9 Å². The van der Waals surface area contributed by atoms with Crippen molar-refractivity contribution in [3.8, 4) is 11.6 Å². The monoisotopic (exact) mass is 442 g/mol. The number of benzene rings is 2. The Labute approximate surface area is 185 Å². The van der Waals surface area contributed by atoms with Crippen LogP contribution >= 0.6 is 23.2 Å². The van der Waals surface area contributed by atoms with Gasteiger partial charge in [-0.15, -0.1) is 0 Å². The quantitative estimate of drug-likeness (QED) is 0.573. The maximum atomic E-state index is 12.9. The third-order valence-electron chi connectivity index (χ3n) is 4.98. The van der Waals surface area contributed by atoms with E-state index >= 15 is 0 Å². The summed E-state index contributed by atoms with van der Waals surface area (Å²) in [6.45, 7) is 3.93. The van der Waals surface area contributed by atoms with E-state index in [9.17, 15) is 4.79 Å². The number of ether oxygens (including phenoxy) is 1. The van der Waals surface area contributed by atoms with Crippen LogP contribution in [0, 0.1) is 0 Å². The maximum Gasteiger partial charge on any atom is 0.254 e. The van der Waals surface area contributed by atoms with Crippen LogP contribution in [0.2, 0.25) is 10.0 Å². The van der Waals surface area contributed by atoms with Gasteiger partial charge in [-0.3, -0.25) is 4.79 Å². The van der Waals surface area contributed by atoms with E-state index in [1.807, 2.05) is 24.0 Å². The molecule has 1 atom stereocenters. The number of carbonyl (C=O) groups is 1. The number of nitrogens with zero attached hydrogens (tertiary/aromatic N) is 4. The summed E-state index contributed by atoms with van der Waals surface area (Å²) in [5, 5.41) is 1.13. The third kappa shape index (κ3) is 4.50. The van der Waals surface area contributed by atoms with Gasteiger partial charge >= 0.3 is 0 Å². The third-order valence-corrected chi connectivity index (χ3v) is 5.55. The second-order valence-electron chi connectivity index (χ2n) is 7.05. The van der Waals surface area contributed by atoms with Crippen molar-refractivity contribution in [1.82, 2.24) is 14.9 Å². The van der Waals surface area contributed by atoms with E-state index in [0.717, 1.165) is 5.82 Å². The smallest absolute Gasteiger partial charge is 0.254 e. The molecule has 1 saturated heterocycles. The topological polar surface area (TPSA) is 58.6 Å². The minimum Gasteiger partial charge on any atom is -0.437 e. The van der Waals surface area contributed by atoms with E-state index < -0.39 is 0 Å². The molecule has 1 amide bonds. The predicted octanol–water partition coefficient (Wildman–Crippen LogP) is 4.93. The molecule has 0 N–H and O–H groups in total. The van der Waals surface area contributed by atoms with E-state index in [4.69, 9.17) is 27.9 Å². The Morgan fingerprint density at radius 3 is 2.57 bits per heavy atom. The molecule has 154 valence electrons. The molecule has 6 nitrogen and oxygen atoms in total. The van der Waals surface area contributed by atoms with Crippen LogP contribution in [0.25, 0.3) is 0 Å². The summed E-state index contributed by atoms with van der Waals surface area (Å²) in [5.41, 5.74) is 0.636. The lowest BCUT2D eigenvalue weighted by Gasteiger charge is -2.40. The average molecular weight is 443 g/mol. The number of anilines is 1. The molecule has 4 rings (SSSR count). The van der Waals surface area contributed by atoms with Gasteiger partial charge in [0.05, 0.1) is 5.02 Å². The number of carbonyl (C=O) groups excluding carboxylic acids is 1. The number of piperazine rings is 1. The first-order chi connectivity index (χ1) is 14.5. The summed E-state index contributed by atoms with van der Waals surface area (Å²) in [5.74, 6) is 1.71. The second kappa shape index (κ2) is 8.90. The molecule has 2 heterocycles. The van der Waals surface area contributed by atoms with Crippen molar-refractivity contribution >= 4 is 34.9 Å². The van der Waals surface area contributed by atoms with Crippen molar-refractivity contribution in [2.24, 2.45) is 0 Å². The minimum atomic E-state index is 0.00393. The molecule has 0 bridgehead atoms. The number of aromatic nitrogens is 2. The zero-order valence-corrected chi connectivity index (χ0v) is 17.8. The first-order valence-electron chi connectivity index (χ1n) is 9.57. The highest BCUT2D eigenvalue weighted by Crippen LogP contribution is 2.29. The van der Waals surface area contributed by atoms with Gasteiger partial charge in [-0.05, 0) is 43.3 Å². The largest absolute Gasteiger partial charge is 0.437 e. The molecule has 0 radical (unpaired) electrons. The Bertz CT molecular complexity index is 1050. The standard InChI is InChI=1S/C22H20Cl2N4O2/c1-15-13-27(10-11-28(15)22(29)16-6-8-17(23)9-7-16)20-12-21(26-14-25-20)30-19-5-3-2-4-18(19)24/h2-9,12,14-15H,10-11,13H2,1H3. The first kappa shape index (κ1) is 20.4. The van der Waals surface area contributed by atoms with Gasteiger partial charge in [-0.2, -0.15) is 0 Å². The molecule has 3 aromatic rings. The number of rotatable bonds is 4. The average Bonchev–Trinajstić information content (AvgIpc) is 2.75. The predicted molar refractivity (Wildman–Crippen MR) is 118 cm³/mol. The van der Waals surface area contributed by atoms with Gasteiger partial charge in [0.25, 0.3) is 5.91 Å². The number of hydrogen-bond acceptors (Lipinski definition) is 5. The summed E-state index contributed by atoms with van der Waals surface area (Å²) in [6.07, 6.45) is 1.47. The fraction of sp³-hybridized carbons (Fsp3) is 0.227. The molecule has 0 spiro atoms. The molecular formula is C22H20Cl2N4O2. The van der Waals surface area contributed by atoms with Crippen molar-refractivity contribution in [1.29, 1.82) is 0 Å². The van der Waals surface area contributed by atoms with Crippen LogP contribution in [0.5, 0.6) is 11.6 Å². The van der Waals surface area contributed by atoms with Crippen molar-refractivity contribution < 1.29 is 9.53 Å². The number of hydrogen-bond donors (Lipinski definition) is 0. The minimum absolute atomic E-state index is 0.00393. The summed E-state index contributed by atoms with van der Waals surface area (Å²) in [4.78, 5) is 25.4. The van der Waals surface area contributed by atoms with Crippen molar-refractivity contribution in [2.45, 2.75) is 13.0 Å². The van der Waals surface area contributed by atoms with Crippen LogP contribution in [0.15, 0.2) is 60.9 Å². The van der Waals surface area contributed by atoms with Crippen LogP contribution in [0.1, 0.15) is 17.3 Å². The fourth-order valence-corrected chi connectivity index (χ4v) is 3.72. The number of para-hydroxylation sites is 1. The molecule has 1 aromatic heterocycles. The molecule has 1 fully saturated rings. The highest BCUT2D eigenvalue weighted by molar-refractivity contribution is 6.32. The van der Waals surface area contributed by atoms with Crippen LogP contribution in [0.4, 0.5) is 5.82 Å². The van der Waals surface area contributed by atoms with Gasteiger partial charge in [0.1, 0.15) is 17.9 Å². The summed E-state index contributed by atoms with van der Waals surface area (Å²) >= 11 is 12.1. The molecule has 0 aliphatic carbocycles. The fourth-order valence-electron chi connectivity index (χ4n) is 3.42. The summed E-state index contributed by atoms with van der Waals surface area (Å²) < 4.78 is 5.81. The van der Waals surface area contributed by atoms with Gasteiger partial charge in [-0.1, -0.05) is 35.3 Å². The van der Waals surface area contributed by atoms with Gasteiger partial charge < -0.3 is 14.5 Å². The lowest BCUT2D eigenvalue weighted by molar-refractivity contribution is 0.0673. The van der Waals surface area contributed by atoms with Crippen LogP contribution in [-0.4, -0.2) is 46.5 Å². The van der Waals surface area contributed by atoms with E-state index in [1.165, 1.54) is 6.33 Å². The maximum absolute atomic E-state index is 12.9. The van der Waals surface area contributed by atoms with Gasteiger partial charge in [0, 0.05) is 42.3 Å². The van der Waals surface area contributed by atoms with E-state index in [2.05, 4.69) is 14.9 Å². The van der Waals surface area contributed by atoms with Crippen molar-refractivity contribution in [3.05, 3.63) is 76.5 Å². The van der Waals surface area contributed by atoms with E-state index in [0.29, 0.717) is 46.9 Å². The van der Waals surface area contributed by atoms with Gasteiger partial charge in [0.2, 0.25) is 5.88 Å². The summed E-state index contributed by atoms with van der Waals surface area (Å²) in [7, 11) is 0. The Morgan fingerprint density at radius 2 is 1.83 bits per heavy atom. The molecule has 0 saturated carbocycles. The summed E-state index contributed by atoms with van der Waals surface area (Å²) in [6, 6.07) is 16.0. The van der Waals surface area contributed by atoms with Crippen LogP contribution in [-0.2, 0) is 0 Å². The Hall–Kier alpha value is -2.83. The molecule has 1 unspecified atom stereocenters. The molecule has 1 aliphatic heterocycles. The number of halogens is 2. The second-order valence-corrected chi connectivity index (χ2v) is 7.89. The van der Waals surface area contributed by atoms with Crippen molar-refractivity contribution in [3.63, 3.8) is 0 Å². The Balaban J connectivity index is 1.45. The Kier molecular flexibility index (Phi) is 6.06. The number of amides is 1. The van der Waals surface area contributed by atoms with Gasteiger partial charge in [0.15, 0.2) is 0 Å². The molecule has 2 aromatic carbocycles. The molecule has 1 aliphatic rings.